The van der Waals surface area contributed by atoms with E-state index in [2.05, 4.69) is 55.4 Å². The van der Waals surface area contributed by atoms with Gasteiger partial charge in [-0.15, -0.1) is 0 Å². The molecule has 0 heteroatoms. The van der Waals surface area contributed by atoms with Crippen LogP contribution >= 0.6 is 0 Å². The monoisotopic (exact) mass is 272 g/mol. The Balaban J connectivity index is 1.84. The lowest BCUT2D eigenvalue weighted by atomic mass is 9.34. The smallest absolute Gasteiger partial charge is 0.0164 e. The van der Waals surface area contributed by atoms with Gasteiger partial charge in [-0.2, -0.15) is 0 Å². The van der Waals surface area contributed by atoms with Crippen molar-refractivity contribution in [2.45, 2.75) is 61.8 Å². The van der Waals surface area contributed by atoms with Crippen LogP contribution in [0.4, 0.5) is 0 Å². The standard InChI is InChI=1S/C20H32/c1-10(2)12(4)20-9-14-16-17(20)15(20)11(3)13(5)19(16,8)18(14,6)7/h10-14,16H,9H2,1-8H3. The van der Waals surface area contributed by atoms with Gasteiger partial charge in [0.05, 0.1) is 0 Å². The molecule has 4 aliphatic carbocycles. The van der Waals surface area contributed by atoms with Gasteiger partial charge >= 0.3 is 0 Å². The Kier molecular flexibility index (Phi) is 2.16. The van der Waals surface area contributed by atoms with E-state index >= 15 is 0 Å². The second-order valence-electron chi connectivity index (χ2n) is 9.70. The van der Waals surface area contributed by atoms with Crippen LogP contribution < -0.4 is 0 Å². The van der Waals surface area contributed by atoms with Crippen molar-refractivity contribution < 1.29 is 0 Å². The summed E-state index contributed by atoms with van der Waals surface area (Å²) in [7, 11) is 0. The van der Waals surface area contributed by atoms with Crippen molar-refractivity contribution in [2.24, 2.45) is 51.8 Å². The molecule has 0 aromatic heterocycles. The highest BCUT2D eigenvalue weighted by Crippen LogP contribution is 2.89. The lowest BCUT2D eigenvalue weighted by Gasteiger charge is -2.70. The first-order valence-corrected chi connectivity index (χ1v) is 8.88. The molecule has 112 valence electrons. The summed E-state index contributed by atoms with van der Waals surface area (Å²) in [6.07, 6.45) is 1.49. The number of hydrogen-bond donors (Lipinski definition) is 0. The molecule has 0 aromatic carbocycles. The molecular formula is C20H32. The highest BCUT2D eigenvalue weighted by molar-refractivity contribution is 5.62. The van der Waals surface area contributed by atoms with Crippen molar-refractivity contribution in [3.8, 4) is 0 Å². The second kappa shape index (κ2) is 3.23. The summed E-state index contributed by atoms with van der Waals surface area (Å²) in [5, 5.41) is 0. The van der Waals surface area contributed by atoms with Gasteiger partial charge in [0, 0.05) is 5.41 Å². The zero-order chi connectivity index (χ0) is 14.8. The molecule has 2 saturated carbocycles. The Labute approximate surface area is 125 Å². The fourth-order valence-corrected chi connectivity index (χ4v) is 7.34. The molecule has 0 aromatic rings. The first-order valence-electron chi connectivity index (χ1n) is 8.88. The summed E-state index contributed by atoms with van der Waals surface area (Å²) < 4.78 is 0. The van der Waals surface area contributed by atoms with Crippen LogP contribution in [0.15, 0.2) is 11.1 Å². The Morgan fingerprint density at radius 3 is 2.15 bits per heavy atom. The molecule has 7 atom stereocenters. The van der Waals surface area contributed by atoms with E-state index in [1.165, 1.54) is 6.42 Å². The first kappa shape index (κ1) is 13.4. The Hall–Kier alpha value is -0.260. The molecule has 0 saturated heterocycles. The summed E-state index contributed by atoms with van der Waals surface area (Å²) in [6, 6.07) is 0. The molecule has 0 N–H and O–H groups in total. The van der Waals surface area contributed by atoms with Gasteiger partial charge in [-0.3, -0.25) is 0 Å². The second-order valence-corrected chi connectivity index (χ2v) is 9.70. The molecule has 0 aliphatic heterocycles. The third-order valence-corrected chi connectivity index (χ3v) is 9.33. The number of hydrogen-bond acceptors (Lipinski definition) is 0. The van der Waals surface area contributed by atoms with E-state index in [1.54, 1.807) is 0 Å². The third kappa shape index (κ3) is 0.966. The lowest BCUT2D eigenvalue weighted by molar-refractivity contribution is -0.199. The Morgan fingerprint density at radius 1 is 1.00 bits per heavy atom. The molecular weight excluding hydrogens is 240 g/mol. The first-order chi connectivity index (χ1) is 9.13. The van der Waals surface area contributed by atoms with E-state index < -0.39 is 0 Å². The number of rotatable bonds is 2. The molecule has 20 heavy (non-hydrogen) atoms. The van der Waals surface area contributed by atoms with Crippen molar-refractivity contribution in [1.29, 1.82) is 0 Å². The third-order valence-electron chi connectivity index (χ3n) is 9.33. The van der Waals surface area contributed by atoms with Gasteiger partial charge in [0.25, 0.3) is 0 Å². The van der Waals surface area contributed by atoms with Gasteiger partial charge in [0.1, 0.15) is 0 Å². The summed E-state index contributed by atoms with van der Waals surface area (Å²) in [5.41, 5.74) is 5.57. The van der Waals surface area contributed by atoms with Gasteiger partial charge in [-0.1, -0.05) is 66.5 Å². The average molecular weight is 272 g/mol. The van der Waals surface area contributed by atoms with Crippen LogP contribution in [0.5, 0.6) is 0 Å². The molecule has 4 aliphatic rings. The zero-order valence-corrected chi connectivity index (χ0v) is 14.7. The van der Waals surface area contributed by atoms with E-state index in [0.29, 0.717) is 16.2 Å². The van der Waals surface area contributed by atoms with Gasteiger partial charge in [-0.05, 0) is 52.8 Å². The van der Waals surface area contributed by atoms with E-state index in [1.807, 2.05) is 11.1 Å². The minimum Gasteiger partial charge on any atom is -0.0625 e. The topological polar surface area (TPSA) is 0 Å². The summed E-state index contributed by atoms with van der Waals surface area (Å²) in [5.74, 6) is 5.27. The summed E-state index contributed by atoms with van der Waals surface area (Å²) in [4.78, 5) is 0. The maximum absolute atomic E-state index is 2.62. The highest BCUT2D eigenvalue weighted by Gasteiger charge is 2.82. The van der Waals surface area contributed by atoms with Gasteiger partial charge in [0.15, 0.2) is 0 Å². The summed E-state index contributed by atoms with van der Waals surface area (Å²) >= 11 is 0. The average Bonchev–Trinajstić information content (AvgIpc) is 2.90. The Bertz CT molecular complexity index is 522. The van der Waals surface area contributed by atoms with Gasteiger partial charge in [0.2, 0.25) is 0 Å². The van der Waals surface area contributed by atoms with Crippen LogP contribution in [0, 0.1) is 51.8 Å². The van der Waals surface area contributed by atoms with Gasteiger partial charge in [-0.25, -0.2) is 0 Å². The van der Waals surface area contributed by atoms with Crippen LogP contribution in [-0.4, -0.2) is 0 Å². The fraction of sp³-hybridized carbons (Fsp3) is 0.900. The maximum atomic E-state index is 2.62. The molecule has 4 rings (SSSR count). The SMILES string of the molecule is CC(C)C(C)C12CC3C4C1=C2C(C)C(C)C4(C)C3(C)C. The van der Waals surface area contributed by atoms with E-state index in [4.69, 9.17) is 0 Å². The number of fused-ring (bicyclic) bond motifs is 1. The Morgan fingerprint density at radius 2 is 1.60 bits per heavy atom. The zero-order valence-electron chi connectivity index (χ0n) is 14.7. The van der Waals surface area contributed by atoms with Crippen molar-refractivity contribution in [1.82, 2.24) is 0 Å². The predicted octanol–water partition coefficient (Wildman–Crippen LogP) is 5.54. The minimum absolute atomic E-state index is 0.543. The van der Waals surface area contributed by atoms with Crippen LogP contribution in [0.25, 0.3) is 0 Å². The van der Waals surface area contributed by atoms with Crippen LogP contribution in [-0.2, 0) is 0 Å². The number of allylic oxidation sites excluding steroid dienone is 2. The van der Waals surface area contributed by atoms with E-state index in [-0.39, 0.29) is 0 Å². The van der Waals surface area contributed by atoms with Crippen molar-refractivity contribution in [3.05, 3.63) is 11.1 Å². The molecule has 0 spiro atoms. The molecule has 0 heterocycles. The largest absolute Gasteiger partial charge is 0.0625 e. The summed E-state index contributed by atoms with van der Waals surface area (Å²) in [6.45, 7) is 20.2. The van der Waals surface area contributed by atoms with Gasteiger partial charge < -0.3 is 0 Å². The maximum Gasteiger partial charge on any atom is 0.0164 e. The molecule has 0 radical (unpaired) electrons. The van der Waals surface area contributed by atoms with E-state index in [9.17, 15) is 0 Å². The highest BCUT2D eigenvalue weighted by atomic mass is 14.9. The van der Waals surface area contributed by atoms with Crippen LogP contribution in [0.2, 0.25) is 0 Å². The molecule has 7 unspecified atom stereocenters. The van der Waals surface area contributed by atoms with Crippen molar-refractivity contribution in [3.63, 3.8) is 0 Å². The molecule has 2 fully saturated rings. The van der Waals surface area contributed by atoms with Crippen LogP contribution in [0.1, 0.15) is 61.8 Å². The lowest BCUT2D eigenvalue weighted by Crippen LogP contribution is -2.64. The quantitative estimate of drug-likeness (QED) is 0.579. The predicted molar refractivity (Wildman–Crippen MR) is 85.3 cm³/mol. The van der Waals surface area contributed by atoms with Crippen molar-refractivity contribution in [2.75, 3.05) is 0 Å². The van der Waals surface area contributed by atoms with Crippen LogP contribution in [0.3, 0.4) is 0 Å². The van der Waals surface area contributed by atoms with E-state index in [0.717, 1.165) is 35.5 Å². The molecule has 0 bridgehead atoms. The normalized spacial score (nSPS) is 55.6. The van der Waals surface area contributed by atoms with Crippen molar-refractivity contribution >= 4 is 0 Å². The fourth-order valence-electron chi connectivity index (χ4n) is 7.34. The minimum atomic E-state index is 0.543. The molecule has 0 nitrogen and oxygen atoms in total. The molecule has 0 amide bonds.